The highest BCUT2D eigenvalue weighted by Gasteiger charge is 2.40. The van der Waals surface area contributed by atoms with Crippen LogP contribution in [0.4, 0.5) is 0 Å². The molecule has 0 bridgehead atoms. The lowest BCUT2D eigenvalue weighted by atomic mass is 9.84. The molecule has 0 spiro atoms. The first kappa shape index (κ1) is 15.8. The molecule has 1 saturated heterocycles. The number of fused-ring (bicyclic) bond motifs is 1. The van der Waals surface area contributed by atoms with Crippen LogP contribution in [-0.2, 0) is 19.1 Å². The molecule has 1 heterocycles. The summed E-state index contributed by atoms with van der Waals surface area (Å²) in [4.78, 5) is 22.8. The first-order valence-corrected chi connectivity index (χ1v) is 7.66. The molecule has 1 fully saturated rings. The molecule has 0 saturated carbocycles. The molecule has 1 aliphatic heterocycles. The van der Waals surface area contributed by atoms with Gasteiger partial charge in [0.15, 0.2) is 0 Å². The van der Waals surface area contributed by atoms with Crippen LogP contribution in [-0.4, -0.2) is 24.6 Å². The van der Waals surface area contributed by atoms with Crippen molar-refractivity contribution in [1.29, 1.82) is 0 Å². The highest BCUT2D eigenvalue weighted by molar-refractivity contribution is 5.75. The predicted molar refractivity (Wildman–Crippen MR) is 79.5 cm³/mol. The topological polar surface area (TPSA) is 52.6 Å². The van der Waals surface area contributed by atoms with Gasteiger partial charge in [0.25, 0.3) is 0 Å². The minimum Gasteiger partial charge on any atom is -0.461 e. The Morgan fingerprint density at radius 3 is 2.90 bits per heavy atom. The van der Waals surface area contributed by atoms with Crippen LogP contribution < -0.4 is 0 Å². The normalized spacial score (nSPS) is 34.8. The lowest BCUT2D eigenvalue weighted by Crippen LogP contribution is -2.19. The van der Waals surface area contributed by atoms with E-state index in [9.17, 15) is 9.59 Å². The maximum absolute atomic E-state index is 11.8. The molecule has 3 atom stereocenters. The predicted octanol–water partition coefficient (Wildman–Crippen LogP) is 3.17. The van der Waals surface area contributed by atoms with Gasteiger partial charge >= 0.3 is 11.9 Å². The van der Waals surface area contributed by atoms with E-state index < -0.39 is 0 Å². The summed E-state index contributed by atoms with van der Waals surface area (Å²) in [5, 5.41) is 0. The molecule has 1 unspecified atom stereocenters. The van der Waals surface area contributed by atoms with Gasteiger partial charge < -0.3 is 9.47 Å². The summed E-state index contributed by atoms with van der Waals surface area (Å²) >= 11 is 0. The smallest absolute Gasteiger partial charge is 0.309 e. The van der Waals surface area contributed by atoms with Crippen LogP contribution in [0.5, 0.6) is 0 Å². The zero-order chi connectivity index (χ0) is 15.4. The fourth-order valence-corrected chi connectivity index (χ4v) is 2.99. The molecule has 2 aliphatic rings. The molecule has 0 aromatic carbocycles. The molecular formula is C17H24O4. The third-order valence-corrected chi connectivity index (χ3v) is 4.38. The van der Waals surface area contributed by atoms with Crippen molar-refractivity contribution >= 4 is 11.9 Å². The molecule has 4 heteroatoms. The number of rotatable bonds is 2. The third-order valence-electron chi connectivity index (χ3n) is 4.38. The van der Waals surface area contributed by atoms with Crippen LogP contribution in [0.15, 0.2) is 23.3 Å². The molecule has 1 aliphatic carbocycles. The molecule has 0 aromatic rings. The Bertz CT molecular complexity index is 475. The molecule has 2 rings (SSSR count). The highest BCUT2D eigenvalue weighted by atomic mass is 16.6. The minimum absolute atomic E-state index is 0.0616. The Hall–Kier alpha value is -1.58. The van der Waals surface area contributed by atoms with Gasteiger partial charge in [0.2, 0.25) is 0 Å². The lowest BCUT2D eigenvalue weighted by molar-refractivity contribution is -0.143. The zero-order valence-electron chi connectivity index (χ0n) is 13.1. The van der Waals surface area contributed by atoms with Crippen LogP contribution in [0.25, 0.3) is 0 Å². The first-order chi connectivity index (χ1) is 9.97. The number of ether oxygens (including phenoxy) is 2. The number of esters is 2. The number of allylic oxidation sites excluding steroid dienone is 2. The summed E-state index contributed by atoms with van der Waals surface area (Å²) in [5.41, 5.74) is 2.39. The lowest BCUT2D eigenvalue weighted by Gasteiger charge is -2.20. The molecule has 116 valence electrons. The summed E-state index contributed by atoms with van der Waals surface area (Å²) in [5.74, 6) is -0.248. The van der Waals surface area contributed by atoms with Gasteiger partial charge in [-0.05, 0) is 44.3 Å². The number of carbonyl (C=O) groups is 2. The van der Waals surface area contributed by atoms with Crippen LogP contribution in [0.1, 0.15) is 46.5 Å². The van der Waals surface area contributed by atoms with Gasteiger partial charge in [-0.2, -0.15) is 0 Å². The Morgan fingerprint density at radius 1 is 1.43 bits per heavy atom. The van der Waals surface area contributed by atoms with Gasteiger partial charge in [-0.1, -0.05) is 18.6 Å². The SMILES string of the molecule is CC(=O)OC/C1=C/[C@H]2OC(=O)[C@@H](C)C2CC/C(C)=C/CC1. The average molecular weight is 292 g/mol. The fourth-order valence-electron chi connectivity index (χ4n) is 2.99. The molecule has 0 radical (unpaired) electrons. The second-order valence-electron chi connectivity index (χ2n) is 6.09. The van der Waals surface area contributed by atoms with E-state index in [1.54, 1.807) is 0 Å². The van der Waals surface area contributed by atoms with E-state index in [0.717, 1.165) is 31.3 Å². The van der Waals surface area contributed by atoms with Crippen molar-refractivity contribution < 1.29 is 19.1 Å². The van der Waals surface area contributed by atoms with Gasteiger partial charge in [-0.15, -0.1) is 0 Å². The van der Waals surface area contributed by atoms with E-state index in [-0.39, 0.29) is 36.5 Å². The molecule has 4 nitrogen and oxygen atoms in total. The minimum atomic E-state index is -0.284. The van der Waals surface area contributed by atoms with E-state index in [0.29, 0.717) is 0 Å². The summed E-state index contributed by atoms with van der Waals surface area (Å²) < 4.78 is 10.6. The Kier molecular flexibility index (Phi) is 5.21. The van der Waals surface area contributed by atoms with Crippen molar-refractivity contribution in [3.05, 3.63) is 23.3 Å². The van der Waals surface area contributed by atoms with Gasteiger partial charge in [0.1, 0.15) is 12.7 Å². The number of hydrogen-bond donors (Lipinski definition) is 0. The molecule has 0 amide bonds. The maximum atomic E-state index is 11.8. The first-order valence-electron chi connectivity index (χ1n) is 7.66. The van der Waals surface area contributed by atoms with E-state index >= 15 is 0 Å². The Morgan fingerprint density at radius 2 is 2.19 bits per heavy atom. The van der Waals surface area contributed by atoms with Gasteiger partial charge in [0, 0.05) is 12.8 Å². The molecule has 21 heavy (non-hydrogen) atoms. The Balaban J connectivity index is 2.18. The van der Waals surface area contributed by atoms with Crippen LogP contribution in [0.3, 0.4) is 0 Å². The standard InChI is InChI=1S/C17H24O4/c1-11-5-4-6-14(10-20-13(3)18)9-16-15(8-7-11)12(2)17(19)21-16/h5,9,12,15-16H,4,6-8,10H2,1-3H3/b11-5+,14-9+/t12-,15?,16+/m0/s1. The Labute approximate surface area is 126 Å². The van der Waals surface area contributed by atoms with Gasteiger partial charge in [0.05, 0.1) is 5.92 Å². The van der Waals surface area contributed by atoms with E-state index in [2.05, 4.69) is 13.0 Å². The van der Waals surface area contributed by atoms with Crippen molar-refractivity contribution in [1.82, 2.24) is 0 Å². The number of carbonyl (C=O) groups excluding carboxylic acids is 2. The molecular weight excluding hydrogens is 268 g/mol. The fraction of sp³-hybridized carbons (Fsp3) is 0.647. The van der Waals surface area contributed by atoms with Gasteiger partial charge in [-0.25, -0.2) is 0 Å². The second-order valence-corrected chi connectivity index (χ2v) is 6.09. The largest absolute Gasteiger partial charge is 0.461 e. The van der Waals surface area contributed by atoms with Crippen molar-refractivity contribution in [3.8, 4) is 0 Å². The van der Waals surface area contributed by atoms with E-state index in [1.165, 1.54) is 12.5 Å². The summed E-state index contributed by atoms with van der Waals surface area (Å²) in [6.45, 7) is 5.77. The van der Waals surface area contributed by atoms with Crippen molar-refractivity contribution in [2.45, 2.75) is 52.6 Å². The van der Waals surface area contributed by atoms with Crippen LogP contribution >= 0.6 is 0 Å². The van der Waals surface area contributed by atoms with Crippen LogP contribution in [0, 0.1) is 11.8 Å². The van der Waals surface area contributed by atoms with E-state index in [4.69, 9.17) is 9.47 Å². The summed E-state index contributed by atoms with van der Waals surface area (Å²) in [6, 6.07) is 0. The van der Waals surface area contributed by atoms with Crippen molar-refractivity contribution in [2.24, 2.45) is 11.8 Å². The van der Waals surface area contributed by atoms with E-state index in [1.807, 2.05) is 13.0 Å². The van der Waals surface area contributed by atoms with Gasteiger partial charge in [-0.3, -0.25) is 9.59 Å². The molecule has 0 aromatic heterocycles. The second kappa shape index (κ2) is 6.92. The number of hydrogen-bond acceptors (Lipinski definition) is 4. The zero-order valence-corrected chi connectivity index (χ0v) is 13.1. The molecule has 0 N–H and O–H groups in total. The quantitative estimate of drug-likeness (QED) is 0.579. The summed E-state index contributed by atoms with van der Waals surface area (Å²) in [7, 11) is 0. The highest BCUT2D eigenvalue weighted by Crippen LogP contribution is 2.35. The maximum Gasteiger partial charge on any atom is 0.309 e. The van der Waals surface area contributed by atoms with Crippen molar-refractivity contribution in [3.63, 3.8) is 0 Å². The van der Waals surface area contributed by atoms with Crippen molar-refractivity contribution in [2.75, 3.05) is 6.61 Å². The monoisotopic (exact) mass is 292 g/mol. The third kappa shape index (κ3) is 4.19. The average Bonchev–Trinajstić information content (AvgIpc) is 2.69. The van der Waals surface area contributed by atoms with Crippen LogP contribution in [0.2, 0.25) is 0 Å². The summed E-state index contributed by atoms with van der Waals surface area (Å²) in [6.07, 6.45) is 7.80.